The number of rotatable bonds is 5. The van der Waals surface area contributed by atoms with Gasteiger partial charge < -0.3 is 14.5 Å². The summed E-state index contributed by atoms with van der Waals surface area (Å²) in [5, 5.41) is 9.48. The molecule has 0 aromatic heterocycles. The van der Waals surface area contributed by atoms with E-state index in [9.17, 15) is 14.9 Å². The van der Waals surface area contributed by atoms with E-state index in [-0.39, 0.29) is 17.5 Å². The molecule has 2 aromatic carbocycles. The zero-order chi connectivity index (χ0) is 21.9. The lowest BCUT2D eigenvalue weighted by atomic mass is 9.82. The van der Waals surface area contributed by atoms with Crippen LogP contribution in [0.1, 0.15) is 30.0 Å². The van der Waals surface area contributed by atoms with Crippen molar-refractivity contribution in [2.75, 3.05) is 21.2 Å². The second-order valence-electron chi connectivity index (χ2n) is 7.34. The van der Waals surface area contributed by atoms with E-state index in [1.165, 1.54) is 16.9 Å². The van der Waals surface area contributed by atoms with Crippen LogP contribution in [0, 0.1) is 11.3 Å². The fourth-order valence-corrected chi connectivity index (χ4v) is 3.98. The minimum Gasteiger partial charge on any atom is -0.496 e. The average Bonchev–Trinajstić information content (AvgIpc) is 2.78. The molecule has 0 aliphatic carbocycles. The van der Waals surface area contributed by atoms with Crippen LogP contribution in [0.4, 0.5) is 0 Å². The maximum Gasteiger partial charge on any atom is 0.271 e. The van der Waals surface area contributed by atoms with Crippen molar-refractivity contribution >= 4 is 17.9 Å². The minimum absolute atomic E-state index is 0.157. The van der Waals surface area contributed by atoms with Crippen LogP contribution in [0.3, 0.4) is 0 Å². The Morgan fingerprint density at radius 1 is 1.10 bits per heavy atom. The van der Waals surface area contributed by atoms with Gasteiger partial charge in [-0.2, -0.15) is 5.26 Å². The molecule has 0 saturated carbocycles. The predicted octanol–water partition coefficient (Wildman–Crippen LogP) is 3.23. The van der Waals surface area contributed by atoms with Crippen LogP contribution in [0.2, 0.25) is 0 Å². The first-order chi connectivity index (χ1) is 14.4. The fraction of sp³-hybridized carbons (Fsp3) is 0.292. The number of methoxy groups -OCH3 is 1. The van der Waals surface area contributed by atoms with Crippen molar-refractivity contribution in [2.24, 2.45) is 0 Å². The molecule has 6 heteroatoms. The summed E-state index contributed by atoms with van der Waals surface area (Å²) in [6, 6.07) is 16.9. The highest BCUT2D eigenvalue weighted by atomic mass is 16.5. The van der Waals surface area contributed by atoms with Gasteiger partial charge in [-0.3, -0.25) is 9.59 Å². The summed E-state index contributed by atoms with van der Waals surface area (Å²) < 4.78 is 5.37. The molecular formula is C24H25N3O3. The third-order valence-electron chi connectivity index (χ3n) is 5.84. The number of amides is 2. The average molecular weight is 403 g/mol. The molecule has 0 bridgehead atoms. The largest absolute Gasteiger partial charge is 0.496 e. The molecule has 1 unspecified atom stereocenters. The first-order valence-corrected chi connectivity index (χ1v) is 9.78. The van der Waals surface area contributed by atoms with Crippen molar-refractivity contribution in [1.29, 1.82) is 5.26 Å². The first kappa shape index (κ1) is 21.1. The molecule has 0 N–H and O–H groups in total. The van der Waals surface area contributed by atoms with Crippen LogP contribution in [0.15, 0.2) is 54.2 Å². The van der Waals surface area contributed by atoms with Crippen LogP contribution in [0.25, 0.3) is 6.08 Å². The maximum atomic E-state index is 13.5. The highest BCUT2D eigenvalue weighted by molar-refractivity contribution is 6.09. The monoisotopic (exact) mass is 403 g/mol. The Morgan fingerprint density at radius 2 is 1.80 bits per heavy atom. The number of likely N-dealkylation sites (N-methyl/N-ethyl adjacent to an activating group) is 2. The van der Waals surface area contributed by atoms with Crippen molar-refractivity contribution < 1.29 is 14.3 Å². The van der Waals surface area contributed by atoms with Gasteiger partial charge in [0.15, 0.2) is 0 Å². The van der Waals surface area contributed by atoms with Crippen molar-refractivity contribution in [1.82, 2.24) is 9.80 Å². The Labute approximate surface area is 177 Å². The number of nitrogens with zero attached hydrogens (tertiary/aromatic N) is 3. The Kier molecular flexibility index (Phi) is 5.93. The maximum absolute atomic E-state index is 13.5. The van der Waals surface area contributed by atoms with E-state index in [4.69, 9.17) is 4.74 Å². The van der Waals surface area contributed by atoms with Crippen LogP contribution < -0.4 is 4.74 Å². The number of carbonyl (C=O) groups excluding carboxylic acids is 2. The standard InChI is InChI=1S/C24H25N3O3/c1-5-24(15-17-10-7-6-8-11-17)23(29)26(2)20(22(28)27(24)3)14-19-18(16-25)12-9-13-21(19)30-4/h6-14H,5,15H2,1-4H3. The molecule has 2 aromatic rings. The molecule has 1 atom stereocenters. The van der Waals surface area contributed by atoms with Gasteiger partial charge in [-0.15, -0.1) is 0 Å². The van der Waals surface area contributed by atoms with Gasteiger partial charge in [0, 0.05) is 26.1 Å². The third kappa shape index (κ3) is 3.43. The zero-order valence-corrected chi connectivity index (χ0v) is 17.7. The topological polar surface area (TPSA) is 73.6 Å². The molecule has 1 aliphatic rings. The van der Waals surface area contributed by atoms with Gasteiger partial charge in [0.1, 0.15) is 17.0 Å². The van der Waals surface area contributed by atoms with Crippen molar-refractivity contribution in [2.45, 2.75) is 25.3 Å². The summed E-state index contributed by atoms with van der Waals surface area (Å²) in [6.07, 6.45) is 2.48. The highest BCUT2D eigenvalue weighted by Crippen LogP contribution is 2.35. The number of piperazine rings is 1. The van der Waals surface area contributed by atoms with Gasteiger partial charge in [-0.1, -0.05) is 43.3 Å². The smallest absolute Gasteiger partial charge is 0.271 e. The third-order valence-corrected chi connectivity index (χ3v) is 5.84. The second-order valence-corrected chi connectivity index (χ2v) is 7.34. The molecule has 3 rings (SSSR count). The number of benzene rings is 2. The number of carbonyl (C=O) groups is 2. The van der Waals surface area contributed by atoms with E-state index < -0.39 is 5.54 Å². The number of nitriles is 1. The van der Waals surface area contributed by atoms with Gasteiger partial charge in [0.25, 0.3) is 11.8 Å². The summed E-state index contributed by atoms with van der Waals surface area (Å²) >= 11 is 0. The molecule has 1 fully saturated rings. The normalized spacial score (nSPS) is 20.4. The predicted molar refractivity (Wildman–Crippen MR) is 114 cm³/mol. The highest BCUT2D eigenvalue weighted by Gasteiger charge is 2.50. The van der Waals surface area contributed by atoms with Crippen LogP contribution in [-0.2, 0) is 16.0 Å². The van der Waals surface area contributed by atoms with E-state index in [0.717, 1.165) is 5.56 Å². The lowest BCUT2D eigenvalue weighted by Crippen LogP contribution is -2.65. The molecule has 30 heavy (non-hydrogen) atoms. The number of hydrogen-bond acceptors (Lipinski definition) is 4. The Hall–Kier alpha value is -3.59. The molecule has 0 spiro atoms. The number of ether oxygens (including phenoxy) is 1. The second kappa shape index (κ2) is 8.42. The summed E-state index contributed by atoms with van der Waals surface area (Å²) in [4.78, 5) is 29.9. The van der Waals surface area contributed by atoms with E-state index in [0.29, 0.717) is 29.7 Å². The molecular weight excluding hydrogens is 378 g/mol. The first-order valence-electron chi connectivity index (χ1n) is 9.78. The van der Waals surface area contributed by atoms with Crippen molar-refractivity contribution in [3.63, 3.8) is 0 Å². The van der Waals surface area contributed by atoms with Gasteiger partial charge >= 0.3 is 0 Å². The molecule has 1 saturated heterocycles. The van der Waals surface area contributed by atoms with E-state index in [1.54, 1.807) is 38.4 Å². The lowest BCUT2D eigenvalue weighted by Gasteiger charge is -2.47. The summed E-state index contributed by atoms with van der Waals surface area (Å²) in [5.74, 6) is 0.0368. The van der Waals surface area contributed by atoms with Crippen molar-refractivity contribution in [3.05, 3.63) is 70.9 Å². The molecule has 0 radical (unpaired) electrons. The molecule has 154 valence electrons. The molecule has 1 aliphatic heterocycles. The Balaban J connectivity index is 2.08. The molecule has 6 nitrogen and oxygen atoms in total. The minimum atomic E-state index is -0.969. The van der Waals surface area contributed by atoms with Gasteiger partial charge in [0.05, 0.1) is 18.7 Å². The quantitative estimate of drug-likeness (QED) is 0.719. The number of hydrogen-bond donors (Lipinski definition) is 0. The van der Waals surface area contributed by atoms with Crippen LogP contribution >= 0.6 is 0 Å². The van der Waals surface area contributed by atoms with E-state index in [1.807, 2.05) is 37.3 Å². The van der Waals surface area contributed by atoms with Gasteiger partial charge in [-0.25, -0.2) is 0 Å². The van der Waals surface area contributed by atoms with Crippen molar-refractivity contribution in [3.8, 4) is 11.8 Å². The van der Waals surface area contributed by atoms with Gasteiger partial charge in [-0.05, 0) is 30.2 Å². The van der Waals surface area contributed by atoms with Crippen LogP contribution in [-0.4, -0.2) is 48.4 Å². The zero-order valence-electron chi connectivity index (χ0n) is 17.7. The summed E-state index contributed by atoms with van der Waals surface area (Å²) in [5.41, 5.74) is 1.08. The Bertz CT molecular complexity index is 1040. The summed E-state index contributed by atoms with van der Waals surface area (Å²) in [7, 11) is 4.78. The van der Waals surface area contributed by atoms with Gasteiger partial charge in [0.2, 0.25) is 0 Å². The SMILES string of the molecule is CCC1(Cc2ccccc2)C(=O)N(C)C(=Cc2c(C#N)cccc2OC)C(=O)N1C. The fourth-order valence-electron chi connectivity index (χ4n) is 3.98. The van der Waals surface area contributed by atoms with E-state index >= 15 is 0 Å². The summed E-state index contributed by atoms with van der Waals surface area (Å²) in [6.45, 7) is 1.92. The van der Waals surface area contributed by atoms with Crippen LogP contribution in [0.5, 0.6) is 5.75 Å². The van der Waals surface area contributed by atoms with E-state index in [2.05, 4.69) is 6.07 Å². The molecule has 1 heterocycles. The molecule has 2 amide bonds. The Morgan fingerprint density at radius 3 is 2.40 bits per heavy atom. The lowest BCUT2D eigenvalue weighted by molar-refractivity contribution is -0.157.